The zero-order chi connectivity index (χ0) is 22.5. The number of rotatable bonds is 9. The molecule has 0 bridgehead atoms. The molecule has 7 heteroatoms. The number of hydrogen-bond acceptors (Lipinski definition) is 5. The van der Waals surface area contributed by atoms with Crippen molar-refractivity contribution < 1.29 is 19.3 Å². The van der Waals surface area contributed by atoms with Crippen molar-refractivity contribution in [2.24, 2.45) is 0 Å². The molecule has 0 radical (unpaired) electrons. The number of aliphatic hydroxyl groups is 1. The summed E-state index contributed by atoms with van der Waals surface area (Å²) in [4.78, 5) is 4.82. The van der Waals surface area contributed by atoms with Crippen LogP contribution in [0.4, 0.5) is 0 Å². The van der Waals surface area contributed by atoms with Crippen molar-refractivity contribution in [2.75, 3.05) is 20.8 Å². The Hall–Kier alpha value is -3.03. The van der Waals surface area contributed by atoms with Gasteiger partial charge in [-0.05, 0) is 54.1 Å². The van der Waals surface area contributed by atoms with E-state index in [1.165, 1.54) is 0 Å². The summed E-state index contributed by atoms with van der Waals surface area (Å²) < 4.78 is 19.6. The van der Waals surface area contributed by atoms with Crippen molar-refractivity contribution in [1.29, 1.82) is 0 Å². The average molecular weight is 497 g/mol. The number of nitrogens with zero attached hydrogens (tertiary/aromatic N) is 2. The second-order valence-electron chi connectivity index (χ2n) is 7.41. The third kappa shape index (κ3) is 5.06. The van der Waals surface area contributed by atoms with E-state index < -0.39 is 6.10 Å². The molecule has 0 saturated carbocycles. The molecule has 0 amide bonds. The first-order valence-corrected chi connectivity index (χ1v) is 11.1. The number of imidazole rings is 1. The topological polar surface area (TPSA) is 65.7 Å². The molecule has 3 aromatic carbocycles. The van der Waals surface area contributed by atoms with Crippen molar-refractivity contribution >= 4 is 27.0 Å². The maximum atomic E-state index is 10.7. The SMILES string of the molecule is COc1ccc(Cc2nc3ccccc3n2CC(O)COc2ccc(Br)cc2)cc1OC. The minimum Gasteiger partial charge on any atom is -0.493 e. The summed E-state index contributed by atoms with van der Waals surface area (Å²) in [5.74, 6) is 2.94. The minimum absolute atomic E-state index is 0.184. The van der Waals surface area contributed by atoms with Crippen LogP contribution in [0.3, 0.4) is 0 Å². The summed E-state index contributed by atoms with van der Waals surface area (Å²) in [6.07, 6.45) is -0.101. The molecule has 1 atom stereocenters. The predicted octanol–water partition coefficient (Wildman–Crippen LogP) is 4.85. The van der Waals surface area contributed by atoms with E-state index in [0.717, 1.165) is 26.9 Å². The van der Waals surface area contributed by atoms with E-state index in [-0.39, 0.29) is 6.61 Å². The standard InChI is InChI=1S/C25H25BrN2O4/c1-30-23-12-7-17(13-24(23)31-2)14-25-27-21-5-3-4-6-22(21)28(25)15-19(29)16-32-20-10-8-18(26)9-11-20/h3-13,19,29H,14-16H2,1-2H3. The lowest BCUT2D eigenvalue weighted by Gasteiger charge is -2.16. The fourth-order valence-electron chi connectivity index (χ4n) is 3.62. The molecule has 0 aliphatic heterocycles. The zero-order valence-electron chi connectivity index (χ0n) is 18.0. The molecule has 0 fully saturated rings. The van der Waals surface area contributed by atoms with Gasteiger partial charge >= 0.3 is 0 Å². The van der Waals surface area contributed by atoms with Gasteiger partial charge in [0.2, 0.25) is 0 Å². The fraction of sp³-hybridized carbons (Fsp3) is 0.240. The van der Waals surface area contributed by atoms with Gasteiger partial charge in [0, 0.05) is 10.9 Å². The van der Waals surface area contributed by atoms with Crippen LogP contribution in [0.15, 0.2) is 71.2 Å². The molecule has 32 heavy (non-hydrogen) atoms. The number of aliphatic hydroxyl groups excluding tert-OH is 1. The molecule has 1 N–H and O–H groups in total. The van der Waals surface area contributed by atoms with E-state index in [1.807, 2.05) is 66.7 Å². The summed E-state index contributed by atoms with van der Waals surface area (Å²) >= 11 is 3.41. The molecule has 4 rings (SSSR count). The number of fused-ring (bicyclic) bond motifs is 1. The molecule has 1 aromatic heterocycles. The highest BCUT2D eigenvalue weighted by Gasteiger charge is 2.16. The number of aromatic nitrogens is 2. The minimum atomic E-state index is -0.694. The van der Waals surface area contributed by atoms with Gasteiger partial charge in [-0.3, -0.25) is 0 Å². The van der Waals surface area contributed by atoms with Crippen LogP contribution in [-0.4, -0.2) is 41.6 Å². The van der Waals surface area contributed by atoms with Crippen LogP contribution in [-0.2, 0) is 13.0 Å². The van der Waals surface area contributed by atoms with Gasteiger partial charge in [0.15, 0.2) is 11.5 Å². The first-order chi connectivity index (χ1) is 15.6. The van der Waals surface area contributed by atoms with Crippen LogP contribution in [0.25, 0.3) is 11.0 Å². The first-order valence-electron chi connectivity index (χ1n) is 10.3. The Morgan fingerprint density at radius 2 is 1.72 bits per heavy atom. The van der Waals surface area contributed by atoms with Gasteiger partial charge < -0.3 is 23.9 Å². The van der Waals surface area contributed by atoms with Gasteiger partial charge in [0.05, 0.1) is 31.8 Å². The Kier molecular flexibility index (Phi) is 6.97. The smallest absolute Gasteiger partial charge is 0.161 e. The molecule has 1 unspecified atom stereocenters. The Labute approximate surface area is 195 Å². The van der Waals surface area contributed by atoms with Crippen molar-refractivity contribution in [3.05, 3.63) is 82.6 Å². The molecule has 0 spiro atoms. The number of ether oxygens (including phenoxy) is 3. The third-order valence-electron chi connectivity index (χ3n) is 5.19. The van der Waals surface area contributed by atoms with E-state index in [0.29, 0.717) is 30.2 Å². The fourth-order valence-corrected chi connectivity index (χ4v) is 3.89. The number of hydrogen-bond donors (Lipinski definition) is 1. The third-order valence-corrected chi connectivity index (χ3v) is 5.72. The highest BCUT2D eigenvalue weighted by molar-refractivity contribution is 9.10. The molecule has 0 aliphatic carbocycles. The van der Waals surface area contributed by atoms with E-state index in [1.54, 1.807) is 14.2 Å². The lowest BCUT2D eigenvalue weighted by atomic mass is 10.1. The Balaban J connectivity index is 1.55. The highest BCUT2D eigenvalue weighted by Crippen LogP contribution is 2.29. The maximum Gasteiger partial charge on any atom is 0.161 e. The second-order valence-corrected chi connectivity index (χ2v) is 8.33. The predicted molar refractivity (Wildman–Crippen MR) is 128 cm³/mol. The van der Waals surface area contributed by atoms with Crippen molar-refractivity contribution in [2.45, 2.75) is 19.1 Å². The summed E-state index contributed by atoms with van der Waals surface area (Å²) in [6.45, 7) is 0.559. The normalized spacial score (nSPS) is 12.0. The van der Waals surface area contributed by atoms with Gasteiger partial charge in [0.1, 0.15) is 24.3 Å². The van der Waals surface area contributed by atoms with Crippen LogP contribution in [0, 0.1) is 0 Å². The van der Waals surface area contributed by atoms with Crippen molar-refractivity contribution in [1.82, 2.24) is 9.55 Å². The van der Waals surface area contributed by atoms with Crippen LogP contribution in [0.2, 0.25) is 0 Å². The Morgan fingerprint density at radius 1 is 0.969 bits per heavy atom. The second kappa shape index (κ2) is 10.1. The largest absolute Gasteiger partial charge is 0.493 e. The molecule has 1 heterocycles. The van der Waals surface area contributed by atoms with Crippen LogP contribution in [0.1, 0.15) is 11.4 Å². The van der Waals surface area contributed by atoms with Gasteiger partial charge in [-0.1, -0.05) is 34.1 Å². The molecule has 0 aliphatic rings. The Morgan fingerprint density at radius 3 is 2.47 bits per heavy atom. The Bertz CT molecular complexity index is 1190. The van der Waals surface area contributed by atoms with Gasteiger partial charge in [-0.25, -0.2) is 4.98 Å². The van der Waals surface area contributed by atoms with Gasteiger partial charge in [0.25, 0.3) is 0 Å². The van der Waals surface area contributed by atoms with Crippen molar-refractivity contribution in [3.63, 3.8) is 0 Å². The van der Waals surface area contributed by atoms with E-state index in [4.69, 9.17) is 19.2 Å². The van der Waals surface area contributed by atoms with Crippen LogP contribution in [0.5, 0.6) is 17.2 Å². The van der Waals surface area contributed by atoms with Crippen molar-refractivity contribution in [3.8, 4) is 17.2 Å². The molecular formula is C25H25BrN2O4. The number of benzene rings is 3. The van der Waals surface area contributed by atoms with E-state index in [2.05, 4.69) is 20.5 Å². The van der Waals surface area contributed by atoms with Gasteiger partial charge in [-0.15, -0.1) is 0 Å². The highest BCUT2D eigenvalue weighted by atomic mass is 79.9. The van der Waals surface area contributed by atoms with Crippen LogP contribution >= 0.6 is 15.9 Å². The summed E-state index contributed by atoms with van der Waals surface area (Å²) in [7, 11) is 3.24. The number of halogens is 1. The van der Waals surface area contributed by atoms with E-state index >= 15 is 0 Å². The summed E-state index contributed by atoms with van der Waals surface area (Å²) in [5.41, 5.74) is 2.91. The number of para-hydroxylation sites is 2. The summed E-state index contributed by atoms with van der Waals surface area (Å²) in [5, 5.41) is 10.7. The zero-order valence-corrected chi connectivity index (χ0v) is 19.6. The molecule has 6 nitrogen and oxygen atoms in total. The number of methoxy groups -OCH3 is 2. The van der Waals surface area contributed by atoms with Crippen LogP contribution < -0.4 is 14.2 Å². The first kappa shape index (κ1) is 22.2. The molecule has 166 valence electrons. The monoisotopic (exact) mass is 496 g/mol. The average Bonchev–Trinajstić information content (AvgIpc) is 3.15. The lowest BCUT2D eigenvalue weighted by molar-refractivity contribution is 0.0928. The van der Waals surface area contributed by atoms with Gasteiger partial charge in [-0.2, -0.15) is 0 Å². The molecular weight excluding hydrogens is 472 g/mol. The molecule has 4 aromatic rings. The maximum absolute atomic E-state index is 10.7. The molecule has 0 saturated heterocycles. The van der Waals surface area contributed by atoms with E-state index in [9.17, 15) is 5.11 Å². The summed E-state index contributed by atoms with van der Waals surface area (Å²) in [6, 6.07) is 21.3. The lowest BCUT2D eigenvalue weighted by Crippen LogP contribution is -2.24. The quantitative estimate of drug-likeness (QED) is 0.358.